The van der Waals surface area contributed by atoms with Gasteiger partial charge in [0.25, 0.3) is 0 Å². The van der Waals surface area contributed by atoms with E-state index in [0.29, 0.717) is 4.90 Å². The summed E-state index contributed by atoms with van der Waals surface area (Å²) in [5.41, 5.74) is 0. The molecule has 0 spiro atoms. The second-order valence-electron chi connectivity index (χ2n) is 1.81. The minimum Gasteiger partial charge on any atom is -0.207 e. The van der Waals surface area contributed by atoms with E-state index in [9.17, 15) is 8.60 Å². The molecule has 0 fully saturated rings. The third-order valence-corrected chi connectivity index (χ3v) is 1.85. The van der Waals surface area contributed by atoms with Gasteiger partial charge in [0.15, 0.2) is 15.9 Å². The summed E-state index contributed by atoms with van der Waals surface area (Å²) in [6, 6.07) is 5.45. The normalized spacial score (nSPS) is 13.0. The Hall–Kier alpha value is -0.740. The zero-order chi connectivity index (χ0) is 7.56. The summed E-state index contributed by atoms with van der Waals surface area (Å²) >= 11 is 0. The van der Waals surface area contributed by atoms with Crippen molar-refractivity contribution < 1.29 is 8.60 Å². The number of hydrogen-bond acceptors (Lipinski definition) is 1. The lowest BCUT2D eigenvalue weighted by Gasteiger charge is -1.87. The minimum atomic E-state index is -1.90. The lowest BCUT2D eigenvalue weighted by Crippen LogP contribution is -2.01. The summed E-state index contributed by atoms with van der Waals surface area (Å²) in [4.78, 5) is 0.343. The van der Waals surface area contributed by atoms with Crippen LogP contribution in [-0.4, -0.2) is 0 Å². The van der Waals surface area contributed by atoms with Crippen LogP contribution in [0.1, 0.15) is 0 Å². The van der Waals surface area contributed by atoms with Crippen LogP contribution in [-0.2, 0) is 15.2 Å². The van der Waals surface area contributed by atoms with Crippen LogP contribution in [0.3, 0.4) is 0 Å². The summed E-state index contributed by atoms with van der Waals surface area (Å²) in [6.45, 7) is 0. The summed E-state index contributed by atoms with van der Waals surface area (Å²) in [6.07, 6.45) is 0. The van der Waals surface area contributed by atoms with E-state index in [2.05, 4.69) is 0 Å². The van der Waals surface area contributed by atoms with Crippen LogP contribution >= 0.6 is 0 Å². The molecule has 4 heteroatoms. The minimum absolute atomic E-state index is 0.343. The molecule has 1 rings (SSSR count). The van der Waals surface area contributed by atoms with Gasteiger partial charge in [-0.2, -0.15) is 0 Å². The monoisotopic (exact) mass is 160 g/mol. The van der Waals surface area contributed by atoms with Gasteiger partial charge in [0.1, 0.15) is 5.82 Å². The second-order valence-corrected chi connectivity index (χ2v) is 2.97. The maximum absolute atomic E-state index is 12.3. The Bertz CT molecular complexity index is 264. The molecule has 54 valence electrons. The van der Waals surface area contributed by atoms with Crippen LogP contribution in [0.25, 0.3) is 0 Å². The average molecular weight is 160 g/mol. The standard InChI is InChI=1S/C6H6FNOS/c7-5-2-1-3-6(4-5)10(8)9/h1-4H,(H2,8,9)/p+1. The van der Waals surface area contributed by atoms with Crippen molar-refractivity contribution in [1.29, 1.82) is 0 Å². The van der Waals surface area contributed by atoms with Gasteiger partial charge in [0.05, 0.1) is 0 Å². The largest absolute Gasteiger partial charge is 0.207 e. The van der Waals surface area contributed by atoms with Gasteiger partial charge >= 0.3 is 0 Å². The molecule has 0 aliphatic carbocycles. The van der Waals surface area contributed by atoms with Gasteiger partial charge in [0, 0.05) is 6.07 Å². The SMILES string of the molecule is N[SH+](=O)c1cccc(F)c1. The summed E-state index contributed by atoms with van der Waals surface area (Å²) in [5, 5.41) is 5.03. The van der Waals surface area contributed by atoms with Crippen molar-refractivity contribution in [2.24, 2.45) is 5.14 Å². The fourth-order valence-corrected chi connectivity index (χ4v) is 1.10. The molecule has 1 unspecified atom stereocenters. The molecule has 0 saturated carbocycles. The number of rotatable bonds is 1. The van der Waals surface area contributed by atoms with E-state index in [4.69, 9.17) is 5.14 Å². The highest BCUT2D eigenvalue weighted by molar-refractivity contribution is 7.82. The number of hydrogen-bond donors (Lipinski definition) is 1. The van der Waals surface area contributed by atoms with Crippen LogP contribution in [0.15, 0.2) is 29.2 Å². The molecule has 1 aromatic carbocycles. The molecule has 0 radical (unpaired) electrons. The lowest BCUT2D eigenvalue weighted by atomic mass is 10.4. The first kappa shape index (κ1) is 7.37. The zero-order valence-electron chi connectivity index (χ0n) is 5.12. The van der Waals surface area contributed by atoms with E-state index >= 15 is 0 Å². The van der Waals surface area contributed by atoms with Crippen molar-refractivity contribution in [2.75, 3.05) is 0 Å². The molecular weight excluding hydrogens is 153 g/mol. The van der Waals surface area contributed by atoms with Crippen LogP contribution < -0.4 is 5.14 Å². The van der Waals surface area contributed by atoms with Crippen molar-refractivity contribution in [1.82, 2.24) is 0 Å². The van der Waals surface area contributed by atoms with Gasteiger partial charge in [-0.3, -0.25) is 0 Å². The van der Waals surface area contributed by atoms with Gasteiger partial charge in [-0.15, -0.1) is 5.14 Å². The number of benzene rings is 1. The van der Waals surface area contributed by atoms with E-state index in [0.717, 1.165) is 0 Å². The van der Waals surface area contributed by atoms with Crippen molar-refractivity contribution in [3.8, 4) is 0 Å². The molecule has 0 aromatic heterocycles. The number of halogens is 1. The molecule has 0 aliphatic heterocycles. The molecule has 2 N–H and O–H groups in total. The highest BCUT2D eigenvalue weighted by Gasteiger charge is 2.03. The Morgan fingerprint density at radius 2 is 2.20 bits per heavy atom. The Kier molecular flexibility index (Phi) is 2.13. The summed E-state index contributed by atoms with van der Waals surface area (Å²) in [5.74, 6) is -0.411. The molecule has 0 bridgehead atoms. The van der Waals surface area contributed by atoms with E-state index in [1.54, 1.807) is 0 Å². The number of thiol groups is 1. The van der Waals surface area contributed by atoms with Crippen LogP contribution in [0.2, 0.25) is 0 Å². The molecule has 2 nitrogen and oxygen atoms in total. The van der Waals surface area contributed by atoms with Gasteiger partial charge in [-0.1, -0.05) is 10.3 Å². The Morgan fingerprint density at radius 1 is 1.50 bits per heavy atom. The van der Waals surface area contributed by atoms with Crippen molar-refractivity contribution >= 4 is 11.0 Å². The smallest absolute Gasteiger partial charge is 0.177 e. The number of nitrogens with two attached hydrogens (primary N) is 1. The fraction of sp³-hybridized carbons (Fsp3) is 0. The Morgan fingerprint density at radius 3 is 2.60 bits per heavy atom. The zero-order valence-corrected chi connectivity index (χ0v) is 6.01. The predicted octanol–water partition coefficient (Wildman–Crippen LogP) is 0.754. The molecule has 0 amide bonds. The first-order valence-electron chi connectivity index (χ1n) is 2.67. The van der Waals surface area contributed by atoms with Crippen LogP contribution in [0.5, 0.6) is 0 Å². The van der Waals surface area contributed by atoms with Gasteiger partial charge in [-0.05, 0) is 12.1 Å². The average Bonchev–Trinajstić information content (AvgIpc) is 1.88. The van der Waals surface area contributed by atoms with Crippen LogP contribution in [0, 0.1) is 5.82 Å². The maximum atomic E-state index is 12.3. The lowest BCUT2D eigenvalue weighted by molar-refractivity contribution is 0.593. The topological polar surface area (TPSA) is 43.1 Å². The molecule has 0 saturated heterocycles. The highest BCUT2D eigenvalue weighted by atomic mass is 32.2. The van der Waals surface area contributed by atoms with E-state index in [1.807, 2.05) is 0 Å². The van der Waals surface area contributed by atoms with E-state index in [1.165, 1.54) is 24.3 Å². The molecule has 10 heavy (non-hydrogen) atoms. The van der Waals surface area contributed by atoms with Gasteiger partial charge in [-0.25, -0.2) is 4.39 Å². The first-order chi connectivity index (χ1) is 4.70. The molecule has 0 aliphatic rings. The Balaban J connectivity index is 3.07. The van der Waals surface area contributed by atoms with Gasteiger partial charge in [0.2, 0.25) is 0 Å². The fourth-order valence-electron chi connectivity index (χ4n) is 0.613. The molecular formula is C6H7FNOS+. The van der Waals surface area contributed by atoms with Crippen molar-refractivity contribution in [3.05, 3.63) is 30.1 Å². The third-order valence-electron chi connectivity index (χ3n) is 1.06. The third kappa shape index (κ3) is 1.62. The van der Waals surface area contributed by atoms with Crippen molar-refractivity contribution in [3.63, 3.8) is 0 Å². The second kappa shape index (κ2) is 2.90. The quantitative estimate of drug-likeness (QED) is 0.478. The summed E-state index contributed by atoms with van der Waals surface area (Å²) in [7, 11) is -1.90. The van der Waals surface area contributed by atoms with Crippen molar-refractivity contribution in [2.45, 2.75) is 4.90 Å². The summed E-state index contributed by atoms with van der Waals surface area (Å²) < 4.78 is 22.9. The molecule has 1 aromatic rings. The molecule has 1 atom stereocenters. The maximum Gasteiger partial charge on any atom is 0.177 e. The van der Waals surface area contributed by atoms with Gasteiger partial charge < -0.3 is 0 Å². The highest BCUT2D eigenvalue weighted by Crippen LogP contribution is 2.04. The van der Waals surface area contributed by atoms with E-state index < -0.39 is 16.8 Å². The van der Waals surface area contributed by atoms with E-state index in [-0.39, 0.29) is 0 Å². The Labute approximate surface area is 60.4 Å². The van der Waals surface area contributed by atoms with Crippen LogP contribution in [0.4, 0.5) is 4.39 Å². The first-order valence-corrected chi connectivity index (χ1v) is 4.00. The predicted molar refractivity (Wildman–Crippen MR) is 38.3 cm³/mol. The molecule has 0 heterocycles.